The average Bonchev–Trinajstić information content (AvgIpc) is 3.83. The van der Waals surface area contributed by atoms with Crippen LogP contribution in [0.3, 0.4) is 0 Å². The maximum Gasteiger partial charge on any atom is 0.250 e. The molecule has 224 valence electrons. The van der Waals surface area contributed by atoms with Gasteiger partial charge in [-0.15, -0.1) is 0 Å². The molecule has 5 rings (SSSR count). The van der Waals surface area contributed by atoms with E-state index in [9.17, 15) is 9.59 Å². The fourth-order valence-electron chi connectivity index (χ4n) is 6.08. The lowest BCUT2D eigenvalue weighted by Crippen LogP contribution is -2.47. The van der Waals surface area contributed by atoms with Crippen LogP contribution >= 0.6 is 0 Å². The molecule has 1 aliphatic carbocycles. The highest BCUT2D eigenvalue weighted by Crippen LogP contribution is 2.36. The van der Waals surface area contributed by atoms with E-state index < -0.39 is 0 Å². The number of morpholine rings is 1. The van der Waals surface area contributed by atoms with Crippen molar-refractivity contribution in [3.05, 3.63) is 63.6 Å². The second kappa shape index (κ2) is 14.4. The van der Waals surface area contributed by atoms with Crippen molar-refractivity contribution in [1.29, 1.82) is 0 Å². The average molecular weight is 567 g/mol. The summed E-state index contributed by atoms with van der Waals surface area (Å²) in [5.41, 5.74) is 3.26. The number of benzene rings is 1. The van der Waals surface area contributed by atoms with E-state index in [1.165, 1.54) is 5.56 Å². The molecule has 3 aliphatic rings. The minimum atomic E-state index is -0.189. The molecule has 9 nitrogen and oxygen atoms in total. The second-order valence-corrected chi connectivity index (χ2v) is 11.7. The minimum Gasteiger partial charge on any atom is -0.492 e. The Balaban J connectivity index is 1.32. The fourth-order valence-corrected chi connectivity index (χ4v) is 6.08. The molecule has 41 heavy (non-hydrogen) atoms. The van der Waals surface area contributed by atoms with Crippen molar-refractivity contribution >= 4 is 5.91 Å². The Bertz CT molecular complexity index is 1210. The minimum absolute atomic E-state index is 0.0299. The van der Waals surface area contributed by atoms with Crippen LogP contribution in [0.25, 0.3) is 0 Å². The summed E-state index contributed by atoms with van der Waals surface area (Å²) in [5, 5.41) is 3.44. The Morgan fingerprint density at radius 2 is 1.90 bits per heavy atom. The topological polar surface area (TPSA) is 85.3 Å². The maximum absolute atomic E-state index is 14.2. The summed E-state index contributed by atoms with van der Waals surface area (Å²) >= 11 is 0. The molecule has 0 bridgehead atoms. The first-order valence-corrected chi connectivity index (χ1v) is 15.2. The van der Waals surface area contributed by atoms with E-state index in [0.29, 0.717) is 26.3 Å². The Labute approximate surface area is 243 Å². The number of pyridine rings is 1. The normalized spacial score (nSPS) is 21.5. The van der Waals surface area contributed by atoms with Gasteiger partial charge in [0.25, 0.3) is 5.56 Å². The zero-order chi connectivity index (χ0) is 28.6. The van der Waals surface area contributed by atoms with Gasteiger partial charge in [0.2, 0.25) is 5.91 Å². The van der Waals surface area contributed by atoms with E-state index in [2.05, 4.69) is 33.3 Å². The molecule has 1 saturated carbocycles. The standard InChI is InChI=1S/C32H46N4O5/c1-34-10-8-26(21-31(34)37)29-7-9-33-22-30(29)32(38)36(27-5-6-27)23-25-18-24(4-3-14-39-2)19-28(20-25)41-17-13-35-11-15-40-16-12-35/h8,10,18-21,27,29-30,33H,3-7,9,11-17,22-23H2,1-2H3/t29-,30?/m1/s1. The number of aryl methyl sites for hydroxylation is 2. The van der Waals surface area contributed by atoms with Gasteiger partial charge in [-0.05, 0) is 79.5 Å². The molecule has 1 unspecified atom stereocenters. The summed E-state index contributed by atoms with van der Waals surface area (Å²) in [6.07, 6.45) is 6.58. The SMILES string of the molecule is COCCCc1cc(CN(C(=O)C2CNCC[C@@H]2c2ccn(C)c(=O)c2)C2CC2)cc(OCCN2CCOCC2)c1. The first kappa shape index (κ1) is 29.8. The van der Waals surface area contributed by atoms with Crippen LogP contribution in [0.4, 0.5) is 0 Å². The van der Waals surface area contributed by atoms with Crippen molar-refractivity contribution in [2.45, 2.75) is 50.6 Å². The number of ether oxygens (including phenoxy) is 3. The van der Waals surface area contributed by atoms with Gasteiger partial charge < -0.3 is 29.0 Å². The van der Waals surface area contributed by atoms with Gasteiger partial charge in [-0.2, -0.15) is 0 Å². The number of piperidine rings is 1. The third-order valence-electron chi connectivity index (χ3n) is 8.60. The van der Waals surface area contributed by atoms with Gasteiger partial charge in [0.15, 0.2) is 0 Å². The van der Waals surface area contributed by atoms with Gasteiger partial charge >= 0.3 is 0 Å². The quantitative estimate of drug-likeness (QED) is 0.373. The van der Waals surface area contributed by atoms with Crippen LogP contribution in [0.15, 0.2) is 41.3 Å². The van der Waals surface area contributed by atoms with Gasteiger partial charge in [0.1, 0.15) is 12.4 Å². The van der Waals surface area contributed by atoms with E-state index in [1.54, 1.807) is 24.8 Å². The van der Waals surface area contributed by atoms with Crippen LogP contribution in [-0.2, 0) is 34.3 Å². The van der Waals surface area contributed by atoms with Crippen molar-refractivity contribution in [3.8, 4) is 5.75 Å². The molecule has 0 radical (unpaired) electrons. The van der Waals surface area contributed by atoms with Crippen LogP contribution in [0.5, 0.6) is 5.75 Å². The van der Waals surface area contributed by atoms with E-state index in [-0.39, 0.29) is 29.3 Å². The van der Waals surface area contributed by atoms with E-state index in [1.807, 2.05) is 12.3 Å². The highest BCUT2D eigenvalue weighted by molar-refractivity contribution is 5.81. The Kier molecular flexibility index (Phi) is 10.5. The van der Waals surface area contributed by atoms with Crippen molar-refractivity contribution in [1.82, 2.24) is 19.7 Å². The number of rotatable bonds is 13. The molecule has 2 saturated heterocycles. The second-order valence-electron chi connectivity index (χ2n) is 11.7. The molecule has 2 aromatic rings. The van der Waals surface area contributed by atoms with Crippen molar-refractivity contribution in [2.24, 2.45) is 13.0 Å². The summed E-state index contributed by atoms with van der Waals surface area (Å²) in [6, 6.07) is 10.5. The van der Waals surface area contributed by atoms with Crippen LogP contribution < -0.4 is 15.6 Å². The number of aromatic nitrogens is 1. The van der Waals surface area contributed by atoms with Gasteiger partial charge in [-0.1, -0.05) is 6.07 Å². The van der Waals surface area contributed by atoms with Gasteiger partial charge in [0, 0.05) is 71.8 Å². The summed E-state index contributed by atoms with van der Waals surface area (Å²) < 4.78 is 18.6. The molecule has 1 N–H and O–H groups in total. The molecule has 2 atom stereocenters. The van der Waals surface area contributed by atoms with Crippen LogP contribution in [0, 0.1) is 5.92 Å². The largest absolute Gasteiger partial charge is 0.492 e. The summed E-state index contributed by atoms with van der Waals surface area (Å²) in [4.78, 5) is 31.1. The molecule has 0 spiro atoms. The van der Waals surface area contributed by atoms with E-state index in [4.69, 9.17) is 14.2 Å². The van der Waals surface area contributed by atoms with E-state index >= 15 is 0 Å². The third-order valence-corrected chi connectivity index (χ3v) is 8.60. The predicted molar refractivity (Wildman–Crippen MR) is 158 cm³/mol. The van der Waals surface area contributed by atoms with E-state index in [0.717, 1.165) is 88.4 Å². The number of amides is 1. The molecule has 1 amide bonds. The maximum atomic E-state index is 14.2. The molecular weight excluding hydrogens is 520 g/mol. The zero-order valence-corrected chi connectivity index (χ0v) is 24.7. The molecule has 3 fully saturated rings. The lowest BCUT2D eigenvalue weighted by Gasteiger charge is -2.36. The number of hydrogen-bond acceptors (Lipinski definition) is 7. The Morgan fingerprint density at radius 3 is 2.66 bits per heavy atom. The first-order valence-electron chi connectivity index (χ1n) is 15.2. The highest BCUT2D eigenvalue weighted by Gasteiger charge is 2.40. The van der Waals surface area contributed by atoms with Crippen molar-refractivity contribution < 1.29 is 19.0 Å². The monoisotopic (exact) mass is 566 g/mol. The van der Waals surface area contributed by atoms with Gasteiger partial charge in [0.05, 0.1) is 19.1 Å². The molecular formula is C32H46N4O5. The van der Waals surface area contributed by atoms with Gasteiger partial charge in [-0.3, -0.25) is 14.5 Å². The van der Waals surface area contributed by atoms with Crippen LogP contribution in [-0.4, -0.2) is 92.6 Å². The number of nitrogens with zero attached hydrogens (tertiary/aromatic N) is 3. The molecule has 9 heteroatoms. The number of carbonyl (C=O) groups excluding carboxylic acids is 1. The summed E-state index contributed by atoms with van der Waals surface area (Å²) in [7, 11) is 3.49. The number of carbonyl (C=O) groups is 1. The Hall–Kier alpha value is -2.72. The third kappa shape index (κ3) is 8.19. The Morgan fingerprint density at radius 1 is 1.10 bits per heavy atom. The highest BCUT2D eigenvalue weighted by atomic mass is 16.5. The van der Waals surface area contributed by atoms with Crippen molar-refractivity contribution in [2.75, 3.05) is 66.3 Å². The molecule has 1 aromatic carbocycles. The number of methoxy groups -OCH3 is 1. The molecule has 1 aromatic heterocycles. The first-order chi connectivity index (χ1) is 20.0. The smallest absolute Gasteiger partial charge is 0.250 e. The summed E-state index contributed by atoms with van der Waals surface area (Å²) in [6.45, 7) is 7.71. The lowest BCUT2D eigenvalue weighted by molar-refractivity contribution is -0.138. The number of nitrogens with one attached hydrogen (secondary N) is 1. The van der Waals surface area contributed by atoms with Crippen LogP contribution in [0.2, 0.25) is 0 Å². The fraction of sp³-hybridized carbons (Fsp3) is 0.625. The van der Waals surface area contributed by atoms with Crippen LogP contribution in [0.1, 0.15) is 48.3 Å². The molecule has 3 heterocycles. The lowest BCUT2D eigenvalue weighted by atomic mass is 9.80. The zero-order valence-electron chi connectivity index (χ0n) is 24.7. The predicted octanol–water partition coefficient (Wildman–Crippen LogP) is 2.56. The van der Waals surface area contributed by atoms with Gasteiger partial charge in [-0.25, -0.2) is 0 Å². The summed E-state index contributed by atoms with van der Waals surface area (Å²) in [5.74, 6) is 0.901. The van der Waals surface area contributed by atoms with Crippen molar-refractivity contribution in [3.63, 3.8) is 0 Å². The number of hydrogen-bond donors (Lipinski definition) is 1. The molecule has 2 aliphatic heterocycles.